The maximum atomic E-state index is 5.63. The molecule has 0 radical (unpaired) electrons. The molecule has 100 valence electrons. The highest BCUT2D eigenvalue weighted by Gasteiger charge is 2.19. The number of hydrogen-bond donors (Lipinski definition) is 1. The molecule has 3 rings (SSSR count). The number of rotatable bonds is 4. The van der Waals surface area contributed by atoms with Crippen LogP contribution in [0.15, 0.2) is 36.7 Å². The molecule has 1 atom stereocenters. The topological polar surface area (TPSA) is 39.1 Å². The first-order valence-electron chi connectivity index (χ1n) is 6.71. The molecule has 1 aromatic heterocycles. The largest absolute Gasteiger partial charge is 0.375 e. The highest BCUT2D eigenvalue weighted by Crippen LogP contribution is 2.24. The van der Waals surface area contributed by atoms with E-state index < -0.39 is 0 Å². The second-order valence-electron chi connectivity index (χ2n) is 5.00. The third-order valence-electron chi connectivity index (χ3n) is 3.47. The van der Waals surface area contributed by atoms with Gasteiger partial charge in [0.15, 0.2) is 0 Å². The number of aromatic nitrogens is 2. The van der Waals surface area contributed by atoms with Crippen molar-refractivity contribution in [1.82, 2.24) is 15.1 Å². The molecule has 19 heavy (non-hydrogen) atoms. The Balaban J connectivity index is 1.59. The molecular formula is C15H19N3O. The predicted octanol–water partition coefficient (Wildman–Crippen LogP) is 2.05. The minimum Gasteiger partial charge on any atom is -0.375 e. The fourth-order valence-electron chi connectivity index (χ4n) is 2.49. The Bertz CT molecular complexity index is 550. The lowest BCUT2D eigenvalue weighted by Crippen LogP contribution is -2.32. The molecule has 0 aliphatic carbocycles. The van der Waals surface area contributed by atoms with Gasteiger partial charge in [-0.25, -0.2) is 0 Å². The highest BCUT2D eigenvalue weighted by atomic mass is 16.5. The zero-order chi connectivity index (χ0) is 13.1. The molecule has 1 N–H and O–H groups in total. The Morgan fingerprint density at radius 3 is 3.16 bits per heavy atom. The Hall–Kier alpha value is -1.65. The van der Waals surface area contributed by atoms with E-state index in [2.05, 4.69) is 47.8 Å². The van der Waals surface area contributed by atoms with E-state index in [1.807, 2.05) is 10.9 Å². The summed E-state index contributed by atoms with van der Waals surface area (Å²) in [7, 11) is 0. The Kier molecular flexibility index (Phi) is 3.62. The molecule has 0 fully saturated rings. The van der Waals surface area contributed by atoms with Gasteiger partial charge in [0.2, 0.25) is 0 Å². The molecule has 0 bridgehead atoms. The first-order chi connectivity index (χ1) is 9.33. The summed E-state index contributed by atoms with van der Waals surface area (Å²) in [5.74, 6) is 0. The summed E-state index contributed by atoms with van der Waals surface area (Å²) >= 11 is 0. The van der Waals surface area contributed by atoms with Crippen molar-refractivity contribution in [3.05, 3.63) is 53.3 Å². The van der Waals surface area contributed by atoms with Gasteiger partial charge < -0.3 is 10.1 Å². The number of nitrogens with one attached hydrogen (secondary N) is 1. The smallest absolute Gasteiger partial charge is 0.0721 e. The summed E-state index contributed by atoms with van der Waals surface area (Å²) in [5, 5.41) is 7.84. The maximum Gasteiger partial charge on any atom is 0.0721 e. The van der Waals surface area contributed by atoms with Crippen LogP contribution in [0.2, 0.25) is 0 Å². The van der Waals surface area contributed by atoms with E-state index in [1.54, 1.807) is 0 Å². The standard InChI is InChI=1S/C15H19N3O/c1-12-8-17-18(9-12)7-6-16-15-11-19-10-13-4-2-3-5-14(13)15/h2-5,8-9,15-16H,6-7,10-11H2,1H3. The predicted molar refractivity (Wildman–Crippen MR) is 73.8 cm³/mol. The molecule has 1 unspecified atom stereocenters. The Labute approximate surface area is 113 Å². The second-order valence-corrected chi connectivity index (χ2v) is 5.00. The Morgan fingerprint density at radius 2 is 2.32 bits per heavy atom. The second kappa shape index (κ2) is 5.55. The summed E-state index contributed by atoms with van der Waals surface area (Å²) in [5.41, 5.74) is 3.86. The molecule has 1 aliphatic heterocycles. The van der Waals surface area contributed by atoms with Gasteiger partial charge in [0.25, 0.3) is 0 Å². The van der Waals surface area contributed by atoms with E-state index in [-0.39, 0.29) is 0 Å². The summed E-state index contributed by atoms with van der Waals surface area (Å²) in [4.78, 5) is 0. The average Bonchev–Trinajstić information content (AvgIpc) is 2.85. The molecule has 4 nitrogen and oxygen atoms in total. The van der Waals surface area contributed by atoms with E-state index in [9.17, 15) is 0 Å². The number of benzene rings is 1. The molecular weight excluding hydrogens is 238 g/mol. The molecule has 0 spiro atoms. The van der Waals surface area contributed by atoms with Crippen molar-refractivity contribution in [2.75, 3.05) is 13.2 Å². The van der Waals surface area contributed by atoms with Crippen LogP contribution in [-0.2, 0) is 17.9 Å². The molecule has 4 heteroatoms. The summed E-state index contributed by atoms with van der Waals surface area (Å²) < 4.78 is 7.60. The van der Waals surface area contributed by atoms with Crippen molar-refractivity contribution in [2.45, 2.75) is 26.1 Å². The summed E-state index contributed by atoms with van der Waals surface area (Å²) in [6, 6.07) is 8.78. The SMILES string of the molecule is Cc1cnn(CCNC2COCc3ccccc32)c1. The first-order valence-corrected chi connectivity index (χ1v) is 6.71. The van der Waals surface area contributed by atoms with Crippen LogP contribution in [0.5, 0.6) is 0 Å². The number of nitrogens with zero attached hydrogens (tertiary/aromatic N) is 2. The molecule has 0 saturated carbocycles. The van der Waals surface area contributed by atoms with Crippen LogP contribution in [0.25, 0.3) is 0 Å². The normalized spacial score (nSPS) is 18.3. The van der Waals surface area contributed by atoms with Gasteiger partial charge in [0.1, 0.15) is 0 Å². The molecule has 1 aliphatic rings. The fourth-order valence-corrected chi connectivity index (χ4v) is 2.49. The van der Waals surface area contributed by atoms with Crippen LogP contribution >= 0.6 is 0 Å². The van der Waals surface area contributed by atoms with Crippen molar-refractivity contribution in [1.29, 1.82) is 0 Å². The quantitative estimate of drug-likeness (QED) is 0.911. The van der Waals surface area contributed by atoms with Gasteiger partial charge in [-0.05, 0) is 23.6 Å². The van der Waals surface area contributed by atoms with Crippen molar-refractivity contribution < 1.29 is 4.74 Å². The Morgan fingerprint density at radius 1 is 1.42 bits per heavy atom. The third-order valence-corrected chi connectivity index (χ3v) is 3.47. The molecule has 0 amide bonds. The van der Waals surface area contributed by atoms with Crippen molar-refractivity contribution in [3.63, 3.8) is 0 Å². The molecule has 2 heterocycles. The highest BCUT2D eigenvalue weighted by molar-refractivity contribution is 5.30. The lowest BCUT2D eigenvalue weighted by atomic mass is 9.99. The van der Waals surface area contributed by atoms with E-state index in [1.165, 1.54) is 16.7 Å². The van der Waals surface area contributed by atoms with Crippen LogP contribution in [-0.4, -0.2) is 22.9 Å². The van der Waals surface area contributed by atoms with Crippen LogP contribution in [0.3, 0.4) is 0 Å². The van der Waals surface area contributed by atoms with Crippen molar-refractivity contribution in [3.8, 4) is 0 Å². The average molecular weight is 257 g/mol. The van der Waals surface area contributed by atoms with Crippen LogP contribution in [0.4, 0.5) is 0 Å². The number of aryl methyl sites for hydroxylation is 1. The molecule has 0 saturated heterocycles. The van der Waals surface area contributed by atoms with Gasteiger partial charge in [-0.15, -0.1) is 0 Å². The molecule has 2 aromatic rings. The third kappa shape index (κ3) is 2.85. The number of fused-ring (bicyclic) bond motifs is 1. The minimum absolute atomic E-state index is 0.293. The number of ether oxygens (including phenoxy) is 1. The van der Waals surface area contributed by atoms with Gasteiger partial charge >= 0.3 is 0 Å². The fraction of sp³-hybridized carbons (Fsp3) is 0.400. The first kappa shape index (κ1) is 12.4. The van der Waals surface area contributed by atoms with E-state index >= 15 is 0 Å². The van der Waals surface area contributed by atoms with Gasteiger partial charge in [0, 0.05) is 12.7 Å². The zero-order valence-corrected chi connectivity index (χ0v) is 11.2. The maximum absolute atomic E-state index is 5.63. The van der Waals surface area contributed by atoms with Gasteiger partial charge in [0.05, 0.1) is 32.0 Å². The number of hydrogen-bond acceptors (Lipinski definition) is 3. The van der Waals surface area contributed by atoms with Gasteiger partial charge in [-0.1, -0.05) is 24.3 Å². The lowest BCUT2D eigenvalue weighted by Gasteiger charge is -2.26. The van der Waals surface area contributed by atoms with E-state index in [0.717, 1.165) is 26.3 Å². The zero-order valence-electron chi connectivity index (χ0n) is 11.2. The summed E-state index contributed by atoms with van der Waals surface area (Å²) in [6.07, 6.45) is 3.95. The molecule has 1 aromatic carbocycles. The van der Waals surface area contributed by atoms with Crippen molar-refractivity contribution >= 4 is 0 Å². The monoisotopic (exact) mass is 257 g/mol. The van der Waals surface area contributed by atoms with Crippen molar-refractivity contribution in [2.24, 2.45) is 0 Å². The minimum atomic E-state index is 0.293. The van der Waals surface area contributed by atoms with E-state index in [0.29, 0.717) is 6.04 Å². The van der Waals surface area contributed by atoms with Crippen LogP contribution in [0.1, 0.15) is 22.7 Å². The van der Waals surface area contributed by atoms with Crippen LogP contribution in [0, 0.1) is 6.92 Å². The van der Waals surface area contributed by atoms with Crippen LogP contribution < -0.4 is 5.32 Å². The lowest BCUT2D eigenvalue weighted by molar-refractivity contribution is 0.0819. The van der Waals surface area contributed by atoms with Gasteiger partial charge in [-0.3, -0.25) is 4.68 Å². The van der Waals surface area contributed by atoms with E-state index in [4.69, 9.17) is 4.74 Å². The summed E-state index contributed by atoms with van der Waals surface area (Å²) in [6.45, 7) is 5.31. The van der Waals surface area contributed by atoms with Gasteiger partial charge in [-0.2, -0.15) is 5.10 Å².